The number of halogens is 2. The van der Waals surface area contributed by atoms with E-state index in [1.807, 2.05) is 36.4 Å². The molecule has 1 unspecified atom stereocenters. The number of aromatic nitrogens is 1. The van der Waals surface area contributed by atoms with Crippen molar-refractivity contribution >= 4 is 28.9 Å². The van der Waals surface area contributed by atoms with E-state index in [1.165, 1.54) is 5.56 Å². The van der Waals surface area contributed by atoms with E-state index in [9.17, 15) is 0 Å². The Morgan fingerprint density at radius 1 is 1.16 bits per heavy atom. The maximum Gasteiger partial charge on any atom is 0.152 e. The number of pyridine rings is 1. The van der Waals surface area contributed by atoms with E-state index in [1.54, 1.807) is 6.20 Å². The molecule has 1 aromatic carbocycles. The molecule has 2 nitrogen and oxygen atoms in total. The number of nitrogens with zero attached hydrogens (tertiary/aromatic N) is 1. The Bertz CT molecular complexity index is 526. The molecule has 1 heterocycles. The van der Waals surface area contributed by atoms with Gasteiger partial charge in [-0.2, -0.15) is 0 Å². The Kier molecular flexibility index (Phi) is 5.06. The molecular formula is C15H16Cl2N2. The minimum absolute atomic E-state index is 0.212. The van der Waals surface area contributed by atoms with E-state index in [-0.39, 0.29) is 6.04 Å². The van der Waals surface area contributed by atoms with Crippen molar-refractivity contribution in [1.29, 1.82) is 0 Å². The van der Waals surface area contributed by atoms with Gasteiger partial charge in [0.05, 0.1) is 11.7 Å². The summed E-state index contributed by atoms with van der Waals surface area (Å²) in [7, 11) is 0. The maximum atomic E-state index is 6.09. The zero-order chi connectivity index (χ0) is 13.7. The summed E-state index contributed by atoms with van der Waals surface area (Å²) in [6, 6.07) is 11.9. The Morgan fingerprint density at radius 3 is 2.53 bits per heavy atom. The van der Waals surface area contributed by atoms with Crippen LogP contribution < -0.4 is 5.32 Å². The first-order chi connectivity index (χ1) is 9.20. The summed E-state index contributed by atoms with van der Waals surface area (Å²) >= 11 is 12.0. The monoisotopic (exact) mass is 294 g/mol. The second-order valence-corrected chi connectivity index (χ2v) is 5.17. The summed E-state index contributed by atoms with van der Waals surface area (Å²) in [5, 5.41) is 4.69. The molecule has 0 aliphatic rings. The van der Waals surface area contributed by atoms with Crippen molar-refractivity contribution in [2.45, 2.75) is 25.8 Å². The molecular weight excluding hydrogens is 279 g/mol. The Labute approximate surface area is 123 Å². The summed E-state index contributed by atoms with van der Waals surface area (Å²) in [5.41, 5.74) is 2.06. The van der Waals surface area contributed by atoms with Crippen LogP contribution in [0.15, 0.2) is 42.6 Å². The number of hydrogen-bond donors (Lipinski definition) is 1. The third-order valence-corrected chi connectivity index (χ3v) is 3.49. The molecule has 0 saturated heterocycles. The van der Waals surface area contributed by atoms with Gasteiger partial charge in [-0.3, -0.25) is 0 Å². The second kappa shape index (κ2) is 6.78. The third kappa shape index (κ3) is 3.85. The smallest absolute Gasteiger partial charge is 0.152 e. The van der Waals surface area contributed by atoms with Gasteiger partial charge in [0.15, 0.2) is 5.15 Å². The van der Waals surface area contributed by atoms with Crippen LogP contribution in [-0.2, 0) is 0 Å². The van der Waals surface area contributed by atoms with E-state index in [4.69, 9.17) is 23.2 Å². The highest BCUT2D eigenvalue weighted by atomic mass is 35.5. The molecule has 1 atom stereocenters. The number of anilines is 1. The Morgan fingerprint density at radius 2 is 1.89 bits per heavy atom. The first-order valence-corrected chi connectivity index (χ1v) is 7.09. The van der Waals surface area contributed by atoms with Crippen molar-refractivity contribution in [1.82, 2.24) is 4.98 Å². The van der Waals surface area contributed by atoms with E-state index < -0.39 is 0 Å². The average Bonchev–Trinajstić information content (AvgIpc) is 2.42. The van der Waals surface area contributed by atoms with Crippen LogP contribution in [0.5, 0.6) is 0 Å². The first-order valence-electron chi connectivity index (χ1n) is 6.33. The number of benzene rings is 1. The van der Waals surface area contributed by atoms with Crippen molar-refractivity contribution in [3.8, 4) is 0 Å². The quantitative estimate of drug-likeness (QED) is 0.753. The van der Waals surface area contributed by atoms with Gasteiger partial charge < -0.3 is 5.32 Å². The average molecular weight is 295 g/mol. The van der Waals surface area contributed by atoms with E-state index in [0.29, 0.717) is 5.15 Å². The fourth-order valence-corrected chi connectivity index (χ4v) is 2.29. The van der Waals surface area contributed by atoms with Crippen LogP contribution in [0.3, 0.4) is 0 Å². The molecule has 1 N–H and O–H groups in total. The fraction of sp³-hybridized carbons (Fsp3) is 0.267. The molecule has 2 rings (SSSR count). The topological polar surface area (TPSA) is 24.9 Å². The summed E-state index contributed by atoms with van der Waals surface area (Å²) in [4.78, 5) is 4.08. The van der Waals surface area contributed by atoms with Gasteiger partial charge in [-0.1, -0.05) is 48.7 Å². The van der Waals surface area contributed by atoms with Crippen LogP contribution >= 0.6 is 23.2 Å². The molecule has 0 aliphatic carbocycles. The van der Waals surface area contributed by atoms with E-state index in [0.717, 1.165) is 23.6 Å². The van der Waals surface area contributed by atoms with Gasteiger partial charge in [-0.15, -0.1) is 0 Å². The van der Waals surface area contributed by atoms with Gasteiger partial charge in [-0.05, 0) is 36.2 Å². The molecule has 0 saturated carbocycles. The van der Waals surface area contributed by atoms with Crippen molar-refractivity contribution < 1.29 is 0 Å². The Balaban J connectivity index is 2.21. The summed E-state index contributed by atoms with van der Waals surface area (Å²) in [6.07, 6.45) is 3.79. The minimum atomic E-state index is 0.212. The second-order valence-electron chi connectivity index (χ2n) is 4.38. The van der Waals surface area contributed by atoms with Gasteiger partial charge in [-0.25, -0.2) is 4.98 Å². The predicted molar refractivity (Wildman–Crippen MR) is 82.0 cm³/mol. The molecule has 0 amide bonds. The lowest BCUT2D eigenvalue weighted by Gasteiger charge is -2.20. The van der Waals surface area contributed by atoms with Crippen LogP contribution in [0.25, 0.3) is 0 Å². The molecule has 100 valence electrons. The lowest BCUT2D eigenvalue weighted by molar-refractivity contribution is 0.677. The number of rotatable bonds is 5. The molecule has 19 heavy (non-hydrogen) atoms. The van der Waals surface area contributed by atoms with E-state index in [2.05, 4.69) is 17.2 Å². The molecule has 0 fully saturated rings. The van der Waals surface area contributed by atoms with Crippen LogP contribution in [-0.4, -0.2) is 4.98 Å². The molecule has 0 radical (unpaired) electrons. The molecule has 1 aromatic heterocycles. The standard InChI is InChI=1S/C15H16Cl2N2/c1-2-4-13(11-6-8-12(16)9-7-11)19-14-5-3-10-18-15(14)17/h3,5-10,13,19H,2,4H2,1H3. The molecule has 0 bridgehead atoms. The highest BCUT2D eigenvalue weighted by Crippen LogP contribution is 2.28. The van der Waals surface area contributed by atoms with Gasteiger partial charge in [0, 0.05) is 11.2 Å². The summed E-state index contributed by atoms with van der Waals surface area (Å²) < 4.78 is 0. The highest BCUT2D eigenvalue weighted by Gasteiger charge is 2.12. The van der Waals surface area contributed by atoms with Crippen LogP contribution in [0, 0.1) is 0 Å². The first kappa shape index (κ1) is 14.2. The third-order valence-electron chi connectivity index (χ3n) is 2.94. The lowest BCUT2D eigenvalue weighted by Crippen LogP contribution is -2.11. The van der Waals surface area contributed by atoms with Gasteiger partial charge in [0.1, 0.15) is 0 Å². The van der Waals surface area contributed by atoms with Gasteiger partial charge in [0.2, 0.25) is 0 Å². The summed E-state index contributed by atoms with van der Waals surface area (Å²) in [6.45, 7) is 2.16. The minimum Gasteiger partial charge on any atom is -0.376 e. The largest absolute Gasteiger partial charge is 0.376 e. The van der Waals surface area contributed by atoms with Gasteiger partial charge in [0.25, 0.3) is 0 Å². The highest BCUT2D eigenvalue weighted by molar-refractivity contribution is 6.32. The summed E-state index contributed by atoms with van der Waals surface area (Å²) in [5.74, 6) is 0. The SMILES string of the molecule is CCCC(Nc1cccnc1Cl)c1ccc(Cl)cc1. The van der Waals surface area contributed by atoms with Crippen molar-refractivity contribution in [2.75, 3.05) is 5.32 Å². The number of hydrogen-bond acceptors (Lipinski definition) is 2. The van der Waals surface area contributed by atoms with Gasteiger partial charge >= 0.3 is 0 Å². The molecule has 2 aromatic rings. The normalized spacial score (nSPS) is 12.2. The molecule has 0 aliphatic heterocycles. The zero-order valence-electron chi connectivity index (χ0n) is 10.7. The van der Waals surface area contributed by atoms with Crippen LogP contribution in [0.2, 0.25) is 10.2 Å². The van der Waals surface area contributed by atoms with Crippen molar-refractivity contribution in [3.63, 3.8) is 0 Å². The van der Waals surface area contributed by atoms with Crippen LogP contribution in [0.4, 0.5) is 5.69 Å². The number of nitrogens with one attached hydrogen (secondary N) is 1. The zero-order valence-corrected chi connectivity index (χ0v) is 12.2. The van der Waals surface area contributed by atoms with Crippen LogP contribution in [0.1, 0.15) is 31.4 Å². The molecule has 0 spiro atoms. The Hall–Kier alpha value is -1.25. The van der Waals surface area contributed by atoms with Crippen molar-refractivity contribution in [3.05, 3.63) is 58.3 Å². The molecule has 4 heteroatoms. The van der Waals surface area contributed by atoms with Crippen molar-refractivity contribution in [2.24, 2.45) is 0 Å². The maximum absolute atomic E-state index is 6.09. The van der Waals surface area contributed by atoms with E-state index >= 15 is 0 Å². The lowest BCUT2D eigenvalue weighted by atomic mass is 10.0. The fourth-order valence-electron chi connectivity index (χ4n) is 1.99. The predicted octanol–water partition coefficient (Wildman–Crippen LogP) is 5.34.